The van der Waals surface area contributed by atoms with E-state index in [9.17, 15) is 0 Å². The first kappa shape index (κ1) is 12.3. The summed E-state index contributed by atoms with van der Waals surface area (Å²) in [5.41, 5.74) is 8.32. The fourth-order valence-corrected chi connectivity index (χ4v) is 1.79. The van der Waals surface area contributed by atoms with Crippen LogP contribution in [0.5, 0.6) is 0 Å². The molecule has 0 bridgehead atoms. The van der Waals surface area contributed by atoms with Crippen molar-refractivity contribution in [2.45, 2.75) is 40.2 Å². The maximum atomic E-state index is 6.07. The van der Waals surface area contributed by atoms with E-state index in [1.807, 2.05) is 20.8 Å². The highest BCUT2D eigenvalue weighted by Crippen LogP contribution is 2.25. The second-order valence-electron chi connectivity index (χ2n) is 3.93. The Hall–Kier alpha value is -0.800. The average Bonchev–Trinajstić information content (AvgIpc) is 2.41. The SMILES string of the molecule is CCCOCC(N)c1c(C)oc(C)c1C. The van der Waals surface area contributed by atoms with Gasteiger partial charge in [-0.1, -0.05) is 6.92 Å². The van der Waals surface area contributed by atoms with E-state index < -0.39 is 0 Å². The molecule has 3 nitrogen and oxygen atoms in total. The van der Waals surface area contributed by atoms with Crippen molar-refractivity contribution in [3.8, 4) is 0 Å². The number of nitrogens with two attached hydrogens (primary N) is 1. The lowest BCUT2D eigenvalue weighted by Crippen LogP contribution is -2.18. The molecule has 0 amide bonds. The maximum Gasteiger partial charge on any atom is 0.106 e. The molecule has 2 N–H and O–H groups in total. The third-order valence-electron chi connectivity index (χ3n) is 2.63. The molecule has 1 unspecified atom stereocenters. The van der Waals surface area contributed by atoms with E-state index in [1.54, 1.807) is 0 Å². The fraction of sp³-hybridized carbons (Fsp3) is 0.667. The summed E-state index contributed by atoms with van der Waals surface area (Å²) >= 11 is 0. The van der Waals surface area contributed by atoms with Crippen molar-refractivity contribution >= 4 is 0 Å². The van der Waals surface area contributed by atoms with Crippen molar-refractivity contribution in [2.75, 3.05) is 13.2 Å². The van der Waals surface area contributed by atoms with E-state index in [0.29, 0.717) is 6.61 Å². The highest BCUT2D eigenvalue weighted by atomic mass is 16.5. The normalized spacial score (nSPS) is 13.1. The van der Waals surface area contributed by atoms with Crippen molar-refractivity contribution < 1.29 is 9.15 Å². The topological polar surface area (TPSA) is 48.4 Å². The smallest absolute Gasteiger partial charge is 0.106 e. The van der Waals surface area contributed by atoms with Gasteiger partial charge in [0.25, 0.3) is 0 Å². The van der Waals surface area contributed by atoms with E-state index in [1.165, 1.54) is 0 Å². The van der Waals surface area contributed by atoms with Gasteiger partial charge in [-0.25, -0.2) is 0 Å². The van der Waals surface area contributed by atoms with Crippen LogP contribution in [-0.4, -0.2) is 13.2 Å². The summed E-state index contributed by atoms with van der Waals surface area (Å²) in [4.78, 5) is 0. The minimum absolute atomic E-state index is 0.0750. The Morgan fingerprint density at radius 3 is 2.40 bits per heavy atom. The number of hydrogen-bond acceptors (Lipinski definition) is 3. The fourth-order valence-electron chi connectivity index (χ4n) is 1.79. The van der Waals surface area contributed by atoms with Crippen LogP contribution in [0.4, 0.5) is 0 Å². The van der Waals surface area contributed by atoms with Crippen LogP contribution in [0.2, 0.25) is 0 Å². The Morgan fingerprint density at radius 1 is 1.27 bits per heavy atom. The Bertz CT molecular complexity index is 318. The largest absolute Gasteiger partial charge is 0.466 e. The molecule has 15 heavy (non-hydrogen) atoms. The summed E-state index contributed by atoms with van der Waals surface area (Å²) in [7, 11) is 0. The lowest BCUT2D eigenvalue weighted by molar-refractivity contribution is 0.121. The standard InChI is InChI=1S/C12H21NO2/c1-5-6-14-7-11(13)12-8(2)9(3)15-10(12)4/h11H,5-7,13H2,1-4H3. The zero-order valence-corrected chi connectivity index (χ0v) is 10.1. The molecule has 1 atom stereocenters. The minimum Gasteiger partial charge on any atom is -0.466 e. The van der Waals surface area contributed by atoms with Gasteiger partial charge in [0, 0.05) is 12.2 Å². The van der Waals surface area contributed by atoms with Gasteiger partial charge in [0.15, 0.2) is 0 Å². The molecule has 1 heterocycles. The van der Waals surface area contributed by atoms with Gasteiger partial charge in [0.05, 0.1) is 12.6 Å². The summed E-state index contributed by atoms with van der Waals surface area (Å²) < 4.78 is 11.0. The van der Waals surface area contributed by atoms with Crippen LogP contribution in [0, 0.1) is 20.8 Å². The molecule has 1 aromatic heterocycles. The lowest BCUT2D eigenvalue weighted by atomic mass is 10.0. The van der Waals surface area contributed by atoms with E-state index in [0.717, 1.165) is 35.7 Å². The summed E-state index contributed by atoms with van der Waals surface area (Å²) in [6, 6.07) is -0.0750. The van der Waals surface area contributed by atoms with Crippen LogP contribution in [0.1, 0.15) is 42.0 Å². The molecule has 1 aromatic rings. The van der Waals surface area contributed by atoms with E-state index in [-0.39, 0.29) is 6.04 Å². The van der Waals surface area contributed by atoms with Crippen LogP contribution in [0.25, 0.3) is 0 Å². The van der Waals surface area contributed by atoms with Crippen LogP contribution in [-0.2, 0) is 4.74 Å². The Kier molecular flexibility index (Phi) is 4.36. The second-order valence-corrected chi connectivity index (χ2v) is 3.93. The lowest BCUT2D eigenvalue weighted by Gasteiger charge is -2.12. The summed E-state index contributed by atoms with van der Waals surface area (Å²) in [6.45, 7) is 9.38. The van der Waals surface area contributed by atoms with E-state index in [2.05, 4.69) is 6.92 Å². The molecule has 0 fully saturated rings. The number of rotatable bonds is 5. The first-order chi connectivity index (χ1) is 7.07. The molecule has 0 aliphatic rings. The van der Waals surface area contributed by atoms with Crippen molar-refractivity contribution in [3.05, 3.63) is 22.6 Å². The zero-order valence-electron chi connectivity index (χ0n) is 10.1. The van der Waals surface area contributed by atoms with Gasteiger partial charge in [-0.3, -0.25) is 0 Å². The van der Waals surface area contributed by atoms with Gasteiger partial charge in [-0.2, -0.15) is 0 Å². The molecule has 0 saturated carbocycles. The molecule has 0 radical (unpaired) electrons. The predicted molar refractivity (Wildman–Crippen MR) is 61.0 cm³/mol. The number of furan rings is 1. The Balaban J connectivity index is 2.68. The van der Waals surface area contributed by atoms with Gasteiger partial charge < -0.3 is 14.9 Å². The molecular formula is C12H21NO2. The summed E-state index contributed by atoms with van der Waals surface area (Å²) in [5.74, 6) is 1.87. The number of aryl methyl sites for hydroxylation is 2. The van der Waals surface area contributed by atoms with Gasteiger partial charge in [-0.05, 0) is 32.8 Å². The van der Waals surface area contributed by atoms with Gasteiger partial charge in [-0.15, -0.1) is 0 Å². The number of ether oxygens (including phenoxy) is 1. The third kappa shape index (κ3) is 2.83. The monoisotopic (exact) mass is 211 g/mol. The quantitative estimate of drug-likeness (QED) is 0.762. The molecule has 1 rings (SSSR count). The van der Waals surface area contributed by atoms with Gasteiger partial charge in [0.2, 0.25) is 0 Å². The van der Waals surface area contributed by atoms with Crippen molar-refractivity contribution in [3.63, 3.8) is 0 Å². The molecule has 0 aliphatic heterocycles. The van der Waals surface area contributed by atoms with Crippen molar-refractivity contribution in [1.29, 1.82) is 0 Å². The molecule has 0 aliphatic carbocycles. The van der Waals surface area contributed by atoms with Crippen molar-refractivity contribution in [2.24, 2.45) is 5.73 Å². The Morgan fingerprint density at radius 2 is 1.93 bits per heavy atom. The van der Waals surface area contributed by atoms with Gasteiger partial charge in [0.1, 0.15) is 11.5 Å². The molecule has 86 valence electrons. The third-order valence-corrected chi connectivity index (χ3v) is 2.63. The second kappa shape index (κ2) is 5.33. The van der Waals surface area contributed by atoms with E-state index >= 15 is 0 Å². The van der Waals surface area contributed by atoms with Crippen LogP contribution < -0.4 is 5.73 Å². The minimum atomic E-state index is -0.0750. The average molecular weight is 211 g/mol. The van der Waals surface area contributed by atoms with Crippen LogP contribution >= 0.6 is 0 Å². The maximum absolute atomic E-state index is 6.07. The molecule has 0 aromatic carbocycles. The summed E-state index contributed by atoms with van der Waals surface area (Å²) in [6.07, 6.45) is 1.02. The summed E-state index contributed by atoms with van der Waals surface area (Å²) in [5, 5.41) is 0. The highest BCUT2D eigenvalue weighted by molar-refractivity contribution is 5.34. The highest BCUT2D eigenvalue weighted by Gasteiger charge is 2.17. The number of hydrogen-bond donors (Lipinski definition) is 1. The van der Waals surface area contributed by atoms with Crippen molar-refractivity contribution in [1.82, 2.24) is 0 Å². The van der Waals surface area contributed by atoms with Gasteiger partial charge >= 0.3 is 0 Å². The molecule has 0 spiro atoms. The van der Waals surface area contributed by atoms with Crippen LogP contribution in [0.3, 0.4) is 0 Å². The Labute approximate surface area is 91.6 Å². The van der Waals surface area contributed by atoms with E-state index in [4.69, 9.17) is 14.9 Å². The van der Waals surface area contributed by atoms with Crippen LogP contribution in [0.15, 0.2) is 4.42 Å². The molecular weight excluding hydrogens is 190 g/mol. The molecule has 3 heteroatoms. The zero-order chi connectivity index (χ0) is 11.4. The predicted octanol–water partition coefficient (Wildman–Crippen LogP) is 2.63. The first-order valence-electron chi connectivity index (χ1n) is 5.47. The first-order valence-corrected chi connectivity index (χ1v) is 5.47. The molecule has 0 saturated heterocycles.